The number of methoxy groups -OCH3 is 1. The normalized spacial score (nSPS) is 17.6. The number of carbonyl (C=O) groups is 2. The van der Waals surface area contributed by atoms with Crippen LogP contribution in [0.3, 0.4) is 0 Å². The first kappa shape index (κ1) is 25.0. The predicted octanol–water partition coefficient (Wildman–Crippen LogP) is 3.63. The molecule has 6 rings (SSSR count). The van der Waals surface area contributed by atoms with Gasteiger partial charge in [0.15, 0.2) is 0 Å². The van der Waals surface area contributed by atoms with Crippen molar-refractivity contribution in [3.8, 4) is 11.4 Å². The van der Waals surface area contributed by atoms with Crippen molar-refractivity contribution in [3.05, 3.63) is 71.2 Å². The van der Waals surface area contributed by atoms with Gasteiger partial charge in [-0.15, -0.1) is 0 Å². The Labute approximate surface area is 225 Å². The molecule has 2 aromatic carbocycles. The fourth-order valence-electron chi connectivity index (χ4n) is 5.70. The molecule has 2 fully saturated rings. The van der Waals surface area contributed by atoms with Gasteiger partial charge in [-0.05, 0) is 62.3 Å². The standard InChI is InChI=1S/C29H32N6O4/c1-19-16-33(18-30-19)23-10-9-20(14-25(23)39-2)31-27(37)24-15-29(11-12-29)17-35(24)26(36)8-5-13-34-22-7-4-3-6-21(22)32-28(34)38/h3-4,6-7,9-10,14,16,18,24H,5,8,11-13,15,17H2,1-2H3,(H,31,37)(H,32,38)/t24-/m1/s1. The fourth-order valence-corrected chi connectivity index (χ4v) is 5.70. The van der Waals surface area contributed by atoms with Gasteiger partial charge in [-0.1, -0.05) is 12.1 Å². The van der Waals surface area contributed by atoms with E-state index in [2.05, 4.69) is 15.3 Å². The highest BCUT2D eigenvalue weighted by Crippen LogP contribution is 2.55. The molecule has 0 radical (unpaired) electrons. The van der Waals surface area contributed by atoms with Gasteiger partial charge in [-0.2, -0.15) is 0 Å². The Morgan fingerprint density at radius 2 is 2.03 bits per heavy atom. The van der Waals surface area contributed by atoms with E-state index in [1.165, 1.54) is 0 Å². The molecule has 1 saturated carbocycles. The molecule has 1 aliphatic carbocycles. The average Bonchev–Trinajstić information content (AvgIpc) is 3.21. The van der Waals surface area contributed by atoms with Crippen molar-refractivity contribution in [1.29, 1.82) is 0 Å². The predicted molar refractivity (Wildman–Crippen MR) is 147 cm³/mol. The van der Waals surface area contributed by atoms with Crippen LogP contribution >= 0.6 is 0 Å². The maximum atomic E-state index is 13.4. The van der Waals surface area contributed by atoms with E-state index in [-0.39, 0.29) is 29.3 Å². The number of aromatic nitrogens is 4. The van der Waals surface area contributed by atoms with Crippen LogP contribution in [0.1, 0.15) is 37.8 Å². The number of hydrogen-bond donors (Lipinski definition) is 2. The number of aryl methyl sites for hydroxylation is 2. The first-order chi connectivity index (χ1) is 18.9. The Hall–Kier alpha value is -4.34. The summed E-state index contributed by atoms with van der Waals surface area (Å²) in [5.41, 5.74) is 3.82. The fraction of sp³-hybridized carbons (Fsp3) is 0.379. The zero-order valence-corrected chi connectivity index (χ0v) is 22.1. The van der Waals surface area contributed by atoms with Crippen LogP contribution in [-0.2, 0) is 16.1 Å². The highest BCUT2D eigenvalue weighted by Gasteiger charge is 2.55. The first-order valence-corrected chi connectivity index (χ1v) is 13.3. The smallest absolute Gasteiger partial charge is 0.326 e. The van der Waals surface area contributed by atoms with E-state index in [0.29, 0.717) is 37.4 Å². The topological polar surface area (TPSA) is 114 Å². The van der Waals surface area contributed by atoms with Gasteiger partial charge in [0, 0.05) is 37.5 Å². The van der Waals surface area contributed by atoms with Gasteiger partial charge >= 0.3 is 5.69 Å². The number of fused-ring (bicyclic) bond motifs is 1. The molecule has 1 spiro atoms. The van der Waals surface area contributed by atoms with Gasteiger partial charge in [0.25, 0.3) is 0 Å². The summed E-state index contributed by atoms with van der Waals surface area (Å²) in [7, 11) is 1.59. The molecular weight excluding hydrogens is 496 g/mol. The van der Waals surface area contributed by atoms with E-state index in [0.717, 1.165) is 35.3 Å². The van der Waals surface area contributed by atoms with E-state index in [1.807, 2.05) is 54.1 Å². The molecule has 10 heteroatoms. The van der Waals surface area contributed by atoms with Crippen molar-refractivity contribution in [2.24, 2.45) is 5.41 Å². The van der Waals surface area contributed by atoms with Crippen LogP contribution in [-0.4, -0.2) is 55.5 Å². The van der Waals surface area contributed by atoms with Crippen LogP contribution in [0.2, 0.25) is 0 Å². The second-order valence-corrected chi connectivity index (χ2v) is 10.7. The van der Waals surface area contributed by atoms with Gasteiger partial charge in [-0.3, -0.25) is 14.2 Å². The molecule has 0 bridgehead atoms. The number of nitrogens with one attached hydrogen (secondary N) is 2. The minimum Gasteiger partial charge on any atom is -0.494 e. The third kappa shape index (κ3) is 4.82. The summed E-state index contributed by atoms with van der Waals surface area (Å²) in [4.78, 5) is 48.0. The lowest BCUT2D eigenvalue weighted by Gasteiger charge is -2.24. The van der Waals surface area contributed by atoms with Gasteiger partial charge in [-0.25, -0.2) is 9.78 Å². The maximum absolute atomic E-state index is 13.4. The van der Waals surface area contributed by atoms with E-state index in [9.17, 15) is 14.4 Å². The van der Waals surface area contributed by atoms with E-state index in [4.69, 9.17) is 4.74 Å². The molecule has 1 saturated heterocycles. The molecule has 4 aromatic rings. The van der Waals surface area contributed by atoms with Crippen molar-refractivity contribution in [1.82, 2.24) is 24.0 Å². The van der Waals surface area contributed by atoms with E-state index >= 15 is 0 Å². The van der Waals surface area contributed by atoms with Crippen molar-refractivity contribution in [2.75, 3.05) is 19.0 Å². The number of ether oxygens (including phenoxy) is 1. The summed E-state index contributed by atoms with van der Waals surface area (Å²) >= 11 is 0. The number of aromatic amines is 1. The lowest BCUT2D eigenvalue weighted by Crippen LogP contribution is -2.43. The Balaban J connectivity index is 1.13. The monoisotopic (exact) mass is 528 g/mol. The average molecular weight is 529 g/mol. The Bertz CT molecular complexity index is 1610. The molecule has 39 heavy (non-hydrogen) atoms. The molecule has 2 aromatic heterocycles. The number of benzene rings is 2. The summed E-state index contributed by atoms with van der Waals surface area (Å²) in [5.74, 6) is 0.374. The summed E-state index contributed by atoms with van der Waals surface area (Å²) in [5, 5.41) is 3.01. The third-order valence-corrected chi connectivity index (χ3v) is 7.98. The molecule has 1 aliphatic heterocycles. The maximum Gasteiger partial charge on any atom is 0.326 e. The molecule has 202 valence electrons. The number of anilines is 1. The molecule has 2 aliphatic rings. The van der Waals surface area contributed by atoms with Crippen LogP contribution in [0.5, 0.6) is 5.75 Å². The minimum absolute atomic E-state index is 0.0461. The van der Waals surface area contributed by atoms with Crippen molar-refractivity contribution in [2.45, 2.75) is 51.6 Å². The summed E-state index contributed by atoms with van der Waals surface area (Å²) < 4.78 is 9.12. The largest absolute Gasteiger partial charge is 0.494 e. The zero-order chi connectivity index (χ0) is 27.1. The molecule has 2 N–H and O–H groups in total. The summed E-state index contributed by atoms with van der Waals surface area (Å²) in [6, 6.07) is 12.5. The van der Waals surface area contributed by atoms with Gasteiger partial charge in [0.1, 0.15) is 11.8 Å². The number of hydrogen-bond acceptors (Lipinski definition) is 5. The molecule has 3 heterocycles. The highest BCUT2D eigenvalue weighted by atomic mass is 16.5. The molecule has 1 atom stereocenters. The number of carbonyl (C=O) groups excluding carboxylic acids is 2. The Kier molecular flexibility index (Phi) is 6.25. The van der Waals surface area contributed by atoms with Gasteiger partial charge < -0.3 is 24.5 Å². The number of amides is 2. The number of imidazole rings is 2. The Morgan fingerprint density at radius 3 is 2.77 bits per heavy atom. The second kappa shape index (κ2) is 9.76. The molecular formula is C29H32N6O4. The Morgan fingerprint density at radius 1 is 1.21 bits per heavy atom. The molecule has 0 unspecified atom stereocenters. The number of H-pyrrole nitrogens is 1. The molecule has 2 amide bonds. The van der Waals surface area contributed by atoms with E-state index in [1.54, 1.807) is 29.0 Å². The lowest BCUT2D eigenvalue weighted by molar-refractivity contribution is -0.136. The molecule has 10 nitrogen and oxygen atoms in total. The van der Waals surface area contributed by atoms with Crippen molar-refractivity contribution in [3.63, 3.8) is 0 Å². The van der Waals surface area contributed by atoms with Crippen molar-refractivity contribution >= 4 is 28.5 Å². The lowest BCUT2D eigenvalue weighted by atomic mass is 10.0. The number of rotatable bonds is 8. The number of likely N-dealkylation sites (tertiary alicyclic amines) is 1. The van der Waals surface area contributed by atoms with Gasteiger partial charge in [0.05, 0.1) is 35.9 Å². The first-order valence-electron chi connectivity index (χ1n) is 13.3. The van der Waals surface area contributed by atoms with Crippen LogP contribution in [0.4, 0.5) is 5.69 Å². The number of para-hydroxylation sites is 2. The minimum atomic E-state index is -0.516. The summed E-state index contributed by atoms with van der Waals surface area (Å²) in [6.07, 6.45) is 7.18. The van der Waals surface area contributed by atoms with Crippen molar-refractivity contribution < 1.29 is 14.3 Å². The van der Waals surface area contributed by atoms with Crippen LogP contribution in [0.15, 0.2) is 59.8 Å². The van der Waals surface area contributed by atoms with Gasteiger partial charge in [0.2, 0.25) is 11.8 Å². The summed E-state index contributed by atoms with van der Waals surface area (Å²) in [6.45, 7) is 2.97. The van der Waals surface area contributed by atoms with E-state index < -0.39 is 6.04 Å². The van der Waals surface area contributed by atoms with Crippen LogP contribution in [0, 0.1) is 12.3 Å². The third-order valence-electron chi connectivity index (χ3n) is 7.98. The zero-order valence-electron chi connectivity index (χ0n) is 22.1. The second-order valence-electron chi connectivity index (χ2n) is 10.7. The SMILES string of the molecule is COc1cc(NC(=O)[C@H]2CC3(CC3)CN2C(=O)CCCn2c(=O)[nH]c3ccccc32)ccc1-n1cnc(C)c1. The quantitative estimate of drug-likeness (QED) is 0.363. The van der Waals surface area contributed by atoms with Crippen LogP contribution in [0.25, 0.3) is 16.7 Å². The van der Waals surface area contributed by atoms with Crippen LogP contribution < -0.4 is 15.7 Å². The highest BCUT2D eigenvalue weighted by molar-refractivity contribution is 5.98. The number of nitrogens with zero attached hydrogens (tertiary/aromatic N) is 4.